The second-order valence-electron chi connectivity index (χ2n) is 7.54. The van der Waals surface area contributed by atoms with Crippen LogP contribution in [0.25, 0.3) is 22.3 Å². The van der Waals surface area contributed by atoms with E-state index in [2.05, 4.69) is 26.9 Å². The van der Waals surface area contributed by atoms with Gasteiger partial charge in [0.05, 0.1) is 28.8 Å². The minimum Gasteiger partial charge on any atom is -0.465 e. The largest absolute Gasteiger partial charge is 0.487 e. The summed E-state index contributed by atoms with van der Waals surface area (Å²) < 4.78 is 37.7. The molecular weight excluding hydrogens is 474 g/mol. The van der Waals surface area contributed by atoms with Crippen molar-refractivity contribution in [3.63, 3.8) is 0 Å². The molecule has 0 unspecified atom stereocenters. The van der Waals surface area contributed by atoms with Crippen molar-refractivity contribution in [2.45, 2.75) is 25.0 Å². The van der Waals surface area contributed by atoms with Crippen LogP contribution in [0.2, 0.25) is 0 Å². The smallest absolute Gasteiger partial charge is 0.465 e. The lowest BCUT2D eigenvalue weighted by molar-refractivity contribution is -0.0964. The van der Waals surface area contributed by atoms with E-state index >= 15 is 0 Å². The third-order valence-electron chi connectivity index (χ3n) is 5.28. The lowest BCUT2D eigenvalue weighted by atomic mass is 10.0. The number of thiazole rings is 1. The van der Waals surface area contributed by atoms with Gasteiger partial charge < -0.3 is 14.8 Å². The lowest BCUT2D eigenvalue weighted by Gasteiger charge is -2.23. The van der Waals surface area contributed by atoms with Gasteiger partial charge in [-0.05, 0) is 43.3 Å². The maximum absolute atomic E-state index is 13.0. The zero-order valence-electron chi connectivity index (χ0n) is 17.2. The van der Waals surface area contributed by atoms with Crippen molar-refractivity contribution >= 4 is 45.6 Å². The normalized spacial score (nSPS) is 15.7. The standard InChI is InChI=1S/C22H17ClF2N4O3S/c1-12-6-7-31-21-28-17-9-13(8-16(19(17)29(12)21)18-10-33-11-26-18)20(30)27-14-2-4-15(5-3-14)32-22(23,24)25/h2-5,8-12H,6-7H2,1H3,(H,27,30)/t12-/m1/s1. The van der Waals surface area contributed by atoms with Crippen LogP contribution < -0.4 is 14.8 Å². The molecular formula is C22H17ClF2N4O3S. The summed E-state index contributed by atoms with van der Waals surface area (Å²) in [6, 6.07) is 9.65. The summed E-state index contributed by atoms with van der Waals surface area (Å²) in [6.07, 6.45) is 0.854. The molecule has 4 aromatic rings. The molecule has 0 saturated carbocycles. The first-order valence-electron chi connectivity index (χ1n) is 10.0. The fourth-order valence-corrected chi connectivity index (χ4v) is 4.43. The molecule has 0 fully saturated rings. The predicted molar refractivity (Wildman–Crippen MR) is 121 cm³/mol. The number of carbonyl (C=O) groups is 1. The molecule has 170 valence electrons. The number of anilines is 1. The number of hydrogen-bond acceptors (Lipinski definition) is 6. The minimum absolute atomic E-state index is 0.127. The monoisotopic (exact) mass is 490 g/mol. The highest BCUT2D eigenvalue weighted by atomic mass is 35.5. The molecule has 1 atom stereocenters. The molecule has 0 radical (unpaired) electrons. The molecule has 0 saturated heterocycles. The maximum Gasteiger partial charge on any atom is 0.487 e. The average molecular weight is 491 g/mol. The molecule has 7 nitrogen and oxygen atoms in total. The van der Waals surface area contributed by atoms with Crippen LogP contribution in [0, 0.1) is 0 Å². The summed E-state index contributed by atoms with van der Waals surface area (Å²) in [7, 11) is 0. The molecule has 0 bridgehead atoms. The van der Waals surface area contributed by atoms with E-state index in [1.807, 2.05) is 9.95 Å². The van der Waals surface area contributed by atoms with E-state index in [1.165, 1.54) is 35.6 Å². The maximum atomic E-state index is 13.0. The van der Waals surface area contributed by atoms with Crippen LogP contribution >= 0.6 is 22.9 Å². The van der Waals surface area contributed by atoms with Crippen molar-refractivity contribution in [3.05, 3.63) is 52.9 Å². The van der Waals surface area contributed by atoms with Gasteiger partial charge in [0, 0.05) is 46.3 Å². The van der Waals surface area contributed by atoms with Crippen molar-refractivity contribution in [1.29, 1.82) is 0 Å². The predicted octanol–water partition coefficient (Wildman–Crippen LogP) is 5.92. The van der Waals surface area contributed by atoms with Gasteiger partial charge in [-0.15, -0.1) is 20.1 Å². The highest BCUT2D eigenvalue weighted by molar-refractivity contribution is 7.07. The van der Waals surface area contributed by atoms with E-state index in [4.69, 9.17) is 16.3 Å². The topological polar surface area (TPSA) is 78.3 Å². The van der Waals surface area contributed by atoms with Crippen molar-refractivity contribution in [2.75, 3.05) is 11.9 Å². The Hall–Kier alpha value is -3.24. The van der Waals surface area contributed by atoms with E-state index in [1.54, 1.807) is 17.6 Å². The molecule has 0 aliphatic carbocycles. The number of aromatic nitrogens is 3. The molecule has 1 aliphatic heterocycles. The van der Waals surface area contributed by atoms with Gasteiger partial charge in [-0.3, -0.25) is 9.36 Å². The Balaban J connectivity index is 1.50. The Bertz CT molecular complexity index is 1320. The molecule has 1 amide bonds. The third-order valence-corrected chi connectivity index (χ3v) is 5.94. The minimum atomic E-state index is -3.81. The summed E-state index contributed by atoms with van der Waals surface area (Å²) in [5, 5.41) is 4.67. The first-order chi connectivity index (χ1) is 15.8. The molecule has 3 heterocycles. The Morgan fingerprint density at radius 3 is 2.82 bits per heavy atom. The summed E-state index contributed by atoms with van der Waals surface area (Å²) in [5.41, 5.74) is 1.71. The number of amides is 1. The number of fused-ring (bicyclic) bond motifs is 3. The van der Waals surface area contributed by atoms with Gasteiger partial charge >= 0.3 is 5.57 Å². The van der Waals surface area contributed by atoms with Crippen LogP contribution in [0.1, 0.15) is 29.7 Å². The number of halogens is 3. The summed E-state index contributed by atoms with van der Waals surface area (Å²) in [5.74, 6) is -0.511. The molecule has 2 aromatic heterocycles. The number of hydrogen-bond donors (Lipinski definition) is 1. The van der Waals surface area contributed by atoms with Crippen LogP contribution in [0.3, 0.4) is 0 Å². The number of benzene rings is 2. The Labute approximate surface area is 195 Å². The Morgan fingerprint density at radius 1 is 1.33 bits per heavy atom. The highest BCUT2D eigenvalue weighted by Gasteiger charge is 2.28. The fourth-order valence-electron chi connectivity index (χ4n) is 3.79. The summed E-state index contributed by atoms with van der Waals surface area (Å²) >= 11 is 6.24. The quantitative estimate of drug-likeness (QED) is 0.351. The number of carbonyl (C=O) groups excluding carboxylic acids is 1. The number of ether oxygens (including phenoxy) is 2. The van der Waals surface area contributed by atoms with Crippen molar-refractivity contribution in [2.24, 2.45) is 0 Å². The van der Waals surface area contributed by atoms with Crippen LogP contribution in [0.4, 0.5) is 14.5 Å². The van der Waals surface area contributed by atoms with E-state index in [-0.39, 0.29) is 17.7 Å². The van der Waals surface area contributed by atoms with Crippen LogP contribution in [-0.2, 0) is 0 Å². The van der Waals surface area contributed by atoms with Crippen molar-refractivity contribution < 1.29 is 23.0 Å². The van der Waals surface area contributed by atoms with E-state index in [9.17, 15) is 13.6 Å². The molecule has 1 N–H and O–H groups in total. The van der Waals surface area contributed by atoms with Gasteiger partial charge in [0.25, 0.3) is 11.9 Å². The second kappa shape index (κ2) is 8.27. The van der Waals surface area contributed by atoms with Crippen LogP contribution in [-0.4, -0.2) is 32.6 Å². The number of rotatable bonds is 5. The Kier molecular flexibility index (Phi) is 5.41. The lowest BCUT2D eigenvalue weighted by Crippen LogP contribution is -2.18. The van der Waals surface area contributed by atoms with Crippen LogP contribution in [0.15, 0.2) is 47.3 Å². The van der Waals surface area contributed by atoms with E-state index < -0.39 is 5.57 Å². The van der Waals surface area contributed by atoms with Gasteiger partial charge in [-0.1, -0.05) is 0 Å². The summed E-state index contributed by atoms with van der Waals surface area (Å²) in [4.78, 5) is 22.1. The van der Waals surface area contributed by atoms with Gasteiger partial charge in [-0.25, -0.2) is 4.98 Å². The van der Waals surface area contributed by atoms with Gasteiger partial charge in [0.1, 0.15) is 5.75 Å². The zero-order valence-corrected chi connectivity index (χ0v) is 18.8. The number of nitrogens with zero attached hydrogens (tertiary/aromatic N) is 3. The fraction of sp³-hybridized carbons (Fsp3) is 0.227. The molecule has 1 aliphatic rings. The number of nitrogens with one attached hydrogen (secondary N) is 1. The van der Waals surface area contributed by atoms with Gasteiger partial charge in [0.2, 0.25) is 0 Å². The number of imidazole rings is 1. The molecule has 33 heavy (non-hydrogen) atoms. The average Bonchev–Trinajstić information content (AvgIpc) is 3.41. The summed E-state index contributed by atoms with van der Waals surface area (Å²) in [6.45, 7) is 2.69. The molecule has 11 heteroatoms. The number of alkyl halides is 3. The SMILES string of the molecule is C[C@@H]1CCOc2nc3cc(C(=O)Nc4ccc(OC(F)(F)Cl)cc4)cc(-c4cscn4)c3n21. The van der Waals surface area contributed by atoms with Crippen molar-refractivity contribution in [3.8, 4) is 23.0 Å². The first kappa shape index (κ1) is 21.6. The molecule has 0 spiro atoms. The van der Waals surface area contributed by atoms with E-state index in [0.717, 1.165) is 23.2 Å². The van der Waals surface area contributed by atoms with E-state index in [0.29, 0.717) is 29.4 Å². The molecule has 2 aromatic carbocycles. The van der Waals surface area contributed by atoms with Gasteiger partial charge in [0.15, 0.2) is 0 Å². The molecule has 5 rings (SSSR count). The van der Waals surface area contributed by atoms with Gasteiger partial charge in [-0.2, -0.15) is 4.98 Å². The van der Waals surface area contributed by atoms with Crippen molar-refractivity contribution in [1.82, 2.24) is 14.5 Å². The first-order valence-corrected chi connectivity index (χ1v) is 11.3. The third kappa shape index (κ3) is 4.36. The zero-order chi connectivity index (χ0) is 23.2. The second-order valence-corrected chi connectivity index (χ2v) is 8.70. The Morgan fingerprint density at radius 2 is 2.12 bits per heavy atom. The highest BCUT2D eigenvalue weighted by Crippen LogP contribution is 2.38. The van der Waals surface area contributed by atoms with Crippen LogP contribution in [0.5, 0.6) is 11.8 Å².